The van der Waals surface area contributed by atoms with E-state index in [-0.39, 0.29) is 12.5 Å². The molecule has 1 nitrogen and oxygen atoms in total. The quantitative estimate of drug-likeness (QED) is 0.526. The molecule has 0 atom stereocenters. The third-order valence-electron chi connectivity index (χ3n) is 0.516. The summed E-state index contributed by atoms with van der Waals surface area (Å²) in [4.78, 5) is 10.1. The summed E-state index contributed by atoms with van der Waals surface area (Å²) in [6.07, 6.45) is 2.45. The third kappa shape index (κ3) is 6.02. The molecule has 0 N–H and O–H groups in total. The molecule has 0 fully saturated rings. The van der Waals surface area contributed by atoms with E-state index in [1.54, 1.807) is 6.26 Å². The van der Waals surface area contributed by atoms with Crippen molar-refractivity contribution < 1.29 is 4.79 Å². The Balaban J connectivity index is 0. The zero-order valence-electron chi connectivity index (χ0n) is 4.02. The highest BCUT2D eigenvalue weighted by Gasteiger charge is 1.87. The lowest BCUT2D eigenvalue weighted by Gasteiger charge is -1.81. The van der Waals surface area contributed by atoms with E-state index in [0.717, 1.165) is 0 Å². The number of hydrogen-bond acceptors (Lipinski definition) is 2. The van der Waals surface area contributed by atoms with Gasteiger partial charge in [0.15, 0.2) is 5.12 Å². The van der Waals surface area contributed by atoms with Gasteiger partial charge in [-0.3, -0.25) is 4.79 Å². The van der Waals surface area contributed by atoms with Gasteiger partial charge in [0.2, 0.25) is 0 Å². The lowest BCUT2D eigenvalue weighted by atomic mass is 10.6. The van der Waals surface area contributed by atoms with E-state index in [0.29, 0.717) is 6.42 Å². The molecule has 0 heterocycles. The van der Waals surface area contributed by atoms with Crippen LogP contribution in [0.1, 0.15) is 20.8 Å². The summed E-state index contributed by atoms with van der Waals surface area (Å²) in [6, 6.07) is 0. The molecule has 0 bridgehead atoms. The molecule has 0 aliphatic heterocycles. The normalized spacial score (nSPS) is 7.14. The number of rotatable bonds is 1. The van der Waals surface area contributed by atoms with E-state index in [4.69, 9.17) is 0 Å². The highest BCUT2D eigenvalue weighted by atomic mass is 32.2. The molecular formula is C5H12OS. The summed E-state index contributed by atoms with van der Waals surface area (Å²) in [5.74, 6) is 0. The number of hydrogen-bond donors (Lipinski definition) is 0. The Labute approximate surface area is 49.5 Å². The molecule has 0 saturated carbocycles. The van der Waals surface area contributed by atoms with Crippen molar-refractivity contribution in [3.63, 3.8) is 0 Å². The third-order valence-corrected chi connectivity index (χ3v) is 1.26. The lowest BCUT2D eigenvalue weighted by molar-refractivity contribution is -0.110. The smallest absolute Gasteiger partial charge is 0.188 e. The molecule has 0 saturated heterocycles. The summed E-state index contributed by atoms with van der Waals surface area (Å²) >= 11 is 1.29. The molecule has 0 aliphatic carbocycles. The van der Waals surface area contributed by atoms with E-state index < -0.39 is 0 Å². The maximum atomic E-state index is 10.1. The Bertz CT molecular complexity index is 46.0. The van der Waals surface area contributed by atoms with Gasteiger partial charge < -0.3 is 0 Å². The average molecular weight is 120 g/mol. The summed E-state index contributed by atoms with van der Waals surface area (Å²) in [5.41, 5.74) is 0. The van der Waals surface area contributed by atoms with Gasteiger partial charge in [-0.05, 0) is 6.26 Å². The predicted octanol–water partition coefficient (Wildman–Crippen LogP) is 1.92. The fraction of sp³-hybridized carbons (Fsp3) is 0.800. The number of carbonyl (C=O) groups excluding carboxylic acids is 1. The first-order valence-electron chi connectivity index (χ1n) is 1.88. The highest BCUT2D eigenvalue weighted by Crippen LogP contribution is 1.95. The Morgan fingerprint density at radius 3 is 2.14 bits per heavy atom. The Hall–Kier alpha value is 0.0200. The van der Waals surface area contributed by atoms with Crippen LogP contribution in [0, 0.1) is 0 Å². The van der Waals surface area contributed by atoms with Crippen LogP contribution in [0.3, 0.4) is 0 Å². The van der Waals surface area contributed by atoms with E-state index in [1.165, 1.54) is 11.8 Å². The fourth-order valence-electron chi connectivity index (χ4n) is 0.144. The monoisotopic (exact) mass is 120 g/mol. The minimum atomic E-state index is 0. The first-order chi connectivity index (χ1) is 2.81. The van der Waals surface area contributed by atoms with Crippen LogP contribution in [-0.2, 0) is 4.79 Å². The SMILES string of the molecule is C.CCC(=O)SC. The van der Waals surface area contributed by atoms with Crippen LogP contribution < -0.4 is 0 Å². The molecule has 0 spiro atoms. The van der Waals surface area contributed by atoms with E-state index in [1.807, 2.05) is 6.92 Å². The van der Waals surface area contributed by atoms with Gasteiger partial charge in [0.25, 0.3) is 0 Å². The molecule has 0 amide bonds. The molecule has 7 heavy (non-hydrogen) atoms. The van der Waals surface area contributed by atoms with Gasteiger partial charge >= 0.3 is 0 Å². The van der Waals surface area contributed by atoms with Crippen LogP contribution in [0.25, 0.3) is 0 Å². The van der Waals surface area contributed by atoms with E-state index in [9.17, 15) is 4.79 Å². The largest absolute Gasteiger partial charge is 0.287 e. The van der Waals surface area contributed by atoms with Crippen LogP contribution >= 0.6 is 11.8 Å². The van der Waals surface area contributed by atoms with Gasteiger partial charge in [-0.15, -0.1) is 0 Å². The van der Waals surface area contributed by atoms with Crippen molar-refractivity contribution in [2.24, 2.45) is 0 Å². The molecule has 2 heteroatoms. The molecule has 0 aliphatic rings. The molecule has 0 unspecified atom stereocenters. The van der Waals surface area contributed by atoms with Crippen molar-refractivity contribution in [1.29, 1.82) is 0 Å². The molecule has 0 rings (SSSR count). The van der Waals surface area contributed by atoms with Crippen molar-refractivity contribution in [2.45, 2.75) is 20.8 Å². The van der Waals surface area contributed by atoms with Gasteiger partial charge in [-0.25, -0.2) is 0 Å². The van der Waals surface area contributed by atoms with Crippen molar-refractivity contribution in [3.05, 3.63) is 0 Å². The zero-order valence-corrected chi connectivity index (χ0v) is 4.84. The van der Waals surface area contributed by atoms with Crippen LogP contribution in [0.2, 0.25) is 0 Å². The standard InChI is InChI=1S/C4H8OS.CH4/c1-3-4(5)6-2;/h3H2,1-2H3;1H4. The Morgan fingerprint density at radius 2 is 2.14 bits per heavy atom. The first kappa shape index (κ1) is 10.1. The molecule has 0 aromatic heterocycles. The van der Waals surface area contributed by atoms with Gasteiger partial charge in [0.1, 0.15) is 0 Å². The summed E-state index contributed by atoms with van der Waals surface area (Å²) < 4.78 is 0. The van der Waals surface area contributed by atoms with Crippen molar-refractivity contribution >= 4 is 16.9 Å². The Morgan fingerprint density at radius 1 is 1.71 bits per heavy atom. The van der Waals surface area contributed by atoms with Crippen LogP contribution in [-0.4, -0.2) is 11.4 Å². The van der Waals surface area contributed by atoms with Crippen molar-refractivity contribution in [2.75, 3.05) is 6.26 Å². The Kier molecular flexibility index (Phi) is 8.68. The predicted molar refractivity (Wildman–Crippen MR) is 35.5 cm³/mol. The average Bonchev–Trinajstić information content (AvgIpc) is 1.65. The summed E-state index contributed by atoms with van der Waals surface area (Å²) in [5, 5.41) is 0.259. The molecule has 0 radical (unpaired) electrons. The zero-order chi connectivity index (χ0) is 4.99. The number of thioether (sulfide) groups is 1. The molecule has 0 aromatic carbocycles. The van der Waals surface area contributed by atoms with Crippen LogP contribution in [0.15, 0.2) is 0 Å². The van der Waals surface area contributed by atoms with Crippen molar-refractivity contribution in [3.8, 4) is 0 Å². The summed E-state index contributed by atoms with van der Waals surface area (Å²) in [7, 11) is 0. The van der Waals surface area contributed by atoms with Gasteiger partial charge in [0, 0.05) is 6.42 Å². The van der Waals surface area contributed by atoms with Crippen LogP contribution in [0.4, 0.5) is 0 Å². The highest BCUT2D eigenvalue weighted by molar-refractivity contribution is 8.13. The molecule has 44 valence electrons. The minimum Gasteiger partial charge on any atom is -0.287 e. The second-order valence-electron chi connectivity index (χ2n) is 0.930. The maximum Gasteiger partial charge on any atom is 0.188 e. The second kappa shape index (κ2) is 6.02. The first-order valence-corrected chi connectivity index (χ1v) is 3.10. The maximum absolute atomic E-state index is 10.1. The number of carbonyl (C=O) groups is 1. The van der Waals surface area contributed by atoms with E-state index in [2.05, 4.69) is 0 Å². The van der Waals surface area contributed by atoms with Gasteiger partial charge in [-0.2, -0.15) is 0 Å². The molecule has 0 aromatic rings. The van der Waals surface area contributed by atoms with Crippen molar-refractivity contribution in [1.82, 2.24) is 0 Å². The van der Waals surface area contributed by atoms with Crippen LogP contribution in [0.5, 0.6) is 0 Å². The van der Waals surface area contributed by atoms with Gasteiger partial charge in [0.05, 0.1) is 0 Å². The van der Waals surface area contributed by atoms with Gasteiger partial charge in [-0.1, -0.05) is 26.1 Å². The minimum absolute atomic E-state index is 0. The summed E-state index contributed by atoms with van der Waals surface area (Å²) in [6.45, 7) is 1.86. The van der Waals surface area contributed by atoms with E-state index >= 15 is 0 Å². The fourth-order valence-corrected chi connectivity index (χ4v) is 0.433. The molecular weight excluding hydrogens is 108 g/mol. The lowest BCUT2D eigenvalue weighted by Crippen LogP contribution is -1.81. The second-order valence-corrected chi connectivity index (χ2v) is 1.79. The topological polar surface area (TPSA) is 17.1 Å².